The summed E-state index contributed by atoms with van der Waals surface area (Å²) in [7, 11) is 0. The molecule has 4 heterocycles. The van der Waals surface area contributed by atoms with Crippen LogP contribution in [0.15, 0.2) is 393 Å². The fourth-order valence-electron chi connectivity index (χ4n) is 14.7. The first-order valence-corrected chi connectivity index (χ1v) is 37.1. The van der Waals surface area contributed by atoms with E-state index < -0.39 is 0 Å². The van der Waals surface area contributed by atoms with Crippen LogP contribution in [0.2, 0.25) is 0 Å². The number of fused-ring (bicyclic) bond motifs is 12. The van der Waals surface area contributed by atoms with E-state index >= 15 is 0 Å². The van der Waals surface area contributed by atoms with Crippen molar-refractivity contribution in [3.8, 4) is 55.9 Å². The second-order valence-electron chi connectivity index (χ2n) is 25.7. The first-order chi connectivity index (χ1) is 51.0. The van der Waals surface area contributed by atoms with E-state index in [-0.39, 0.29) is 14.9 Å². The maximum absolute atomic E-state index is 3.73. The van der Waals surface area contributed by atoms with E-state index in [4.69, 9.17) is 0 Å². The van der Waals surface area contributed by atoms with Crippen molar-refractivity contribution in [3.63, 3.8) is 0 Å². The summed E-state index contributed by atoms with van der Waals surface area (Å²) in [6.45, 7) is 0. The number of hydrogen-bond donors (Lipinski definition) is 1. The van der Waals surface area contributed by atoms with Crippen molar-refractivity contribution in [2.75, 3.05) is 10.2 Å². The quantitative estimate of drug-likeness (QED) is 0.140. The number of hydrogen-bond acceptors (Lipinski definition) is 4. The molecule has 7 heteroatoms. The Morgan fingerprint density at radius 1 is 0.248 bits per heavy atom. The minimum Gasteiger partial charge on any atom is -0.356 e. The predicted molar refractivity (Wildman–Crippen MR) is 461 cm³/mol. The number of benzene rings is 16. The molecule has 0 saturated carbocycles. The fraction of sp³-hybridized carbons (Fsp3) is 0.0204. The molecule has 0 atom stereocenters. The SMILES string of the molecule is Brc1ccccc1-c1cccc(-c2ccc3c4ccccc4n(-c4ccc5sc6ccccc6c5c4)c3c2)c1.C.C.c1ccc(N(c2ccccc2)c2ccccc2-c2cccc(-c3ccc4c5ccccc5n(-c5ccc6sc7ccccc7c6c5)c4c3)c2)cc1.c1ccc(Nc2ccccc2)cc1. The molecule has 4 aromatic heterocycles. The Morgan fingerprint density at radius 3 is 1.10 bits per heavy atom. The Labute approximate surface area is 629 Å². The van der Waals surface area contributed by atoms with Gasteiger partial charge in [0.2, 0.25) is 0 Å². The molecule has 0 fully saturated rings. The molecule has 0 amide bonds. The van der Waals surface area contributed by atoms with E-state index in [1.807, 2.05) is 83.3 Å². The number of anilines is 5. The van der Waals surface area contributed by atoms with Gasteiger partial charge in [0.25, 0.3) is 0 Å². The predicted octanol–water partition coefficient (Wildman–Crippen LogP) is 29.9. The van der Waals surface area contributed by atoms with Crippen molar-refractivity contribution < 1.29 is 0 Å². The van der Waals surface area contributed by atoms with Crippen LogP contribution in [0, 0.1) is 0 Å². The Kier molecular flexibility index (Phi) is 18.9. The first kappa shape index (κ1) is 67.1. The molecule has 504 valence electrons. The van der Waals surface area contributed by atoms with Gasteiger partial charge in [-0.15, -0.1) is 22.7 Å². The molecule has 20 rings (SSSR count). The topological polar surface area (TPSA) is 25.1 Å². The van der Waals surface area contributed by atoms with Crippen LogP contribution in [-0.2, 0) is 0 Å². The monoisotopic (exact) mass is 1450 g/mol. The van der Waals surface area contributed by atoms with Crippen LogP contribution in [0.3, 0.4) is 0 Å². The van der Waals surface area contributed by atoms with Gasteiger partial charge >= 0.3 is 0 Å². The van der Waals surface area contributed by atoms with Gasteiger partial charge in [0.05, 0.1) is 27.8 Å². The second-order valence-corrected chi connectivity index (χ2v) is 28.8. The molecular weight excluding hydrogens is 1380 g/mol. The van der Waals surface area contributed by atoms with Crippen molar-refractivity contribution >= 4 is 151 Å². The van der Waals surface area contributed by atoms with Gasteiger partial charge in [0.15, 0.2) is 0 Å². The third-order valence-corrected chi connectivity index (χ3v) is 22.5. The van der Waals surface area contributed by atoms with Crippen molar-refractivity contribution in [2.45, 2.75) is 14.9 Å². The van der Waals surface area contributed by atoms with E-state index in [2.05, 4.69) is 363 Å². The molecule has 105 heavy (non-hydrogen) atoms. The van der Waals surface area contributed by atoms with Crippen molar-refractivity contribution in [3.05, 3.63) is 393 Å². The van der Waals surface area contributed by atoms with E-state index in [1.54, 1.807) is 0 Å². The summed E-state index contributed by atoms with van der Waals surface area (Å²) >= 11 is 7.45. The van der Waals surface area contributed by atoms with Gasteiger partial charge in [-0.2, -0.15) is 0 Å². The van der Waals surface area contributed by atoms with Gasteiger partial charge in [-0.3, -0.25) is 0 Å². The highest BCUT2D eigenvalue weighted by molar-refractivity contribution is 9.10. The summed E-state index contributed by atoms with van der Waals surface area (Å²) in [5.41, 5.74) is 22.4. The zero-order chi connectivity index (χ0) is 68.6. The maximum atomic E-state index is 3.73. The number of para-hydroxylation sites is 7. The van der Waals surface area contributed by atoms with Crippen molar-refractivity contribution in [1.29, 1.82) is 0 Å². The number of rotatable bonds is 11. The summed E-state index contributed by atoms with van der Waals surface area (Å²) in [5.74, 6) is 0. The van der Waals surface area contributed by atoms with Crippen LogP contribution >= 0.6 is 38.6 Å². The van der Waals surface area contributed by atoms with Gasteiger partial charge in [0.1, 0.15) is 0 Å². The Bertz CT molecular complexity index is 6420. The zero-order valence-corrected chi connectivity index (χ0v) is 59.2. The number of aromatic nitrogens is 2. The number of halogens is 1. The first-order valence-electron chi connectivity index (χ1n) is 34.7. The molecule has 0 unspecified atom stereocenters. The van der Waals surface area contributed by atoms with E-state index in [9.17, 15) is 0 Å². The highest BCUT2D eigenvalue weighted by atomic mass is 79.9. The molecule has 0 aliphatic heterocycles. The number of thiophene rings is 2. The summed E-state index contributed by atoms with van der Waals surface area (Å²) in [6, 6.07) is 139. The minimum atomic E-state index is 0. The van der Waals surface area contributed by atoms with Crippen LogP contribution in [0.25, 0.3) is 140 Å². The molecule has 0 bridgehead atoms. The average Bonchev–Trinajstić information content (AvgIpc) is 1.59. The lowest BCUT2D eigenvalue weighted by Crippen LogP contribution is -2.10. The van der Waals surface area contributed by atoms with E-state index in [0.29, 0.717) is 0 Å². The molecular formula is C98H73BrN4S2. The minimum absolute atomic E-state index is 0. The van der Waals surface area contributed by atoms with Crippen LogP contribution < -0.4 is 10.2 Å². The number of nitrogens with zero attached hydrogens (tertiary/aromatic N) is 3. The van der Waals surface area contributed by atoms with Gasteiger partial charge in [0, 0.05) is 106 Å². The zero-order valence-electron chi connectivity index (χ0n) is 56.0. The standard InChI is InChI=1S/C48H32N2S.C36H22BrNS.C12H11N.2CH4/c1-3-16-36(17-4-1)49(37-18-5-2-6-19-37)44-23-10-7-20-39(44)35-15-13-14-33(30-35)34-26-28-41-40-21-8-11-24-45(40)50(46(41)31-34)38-27-29-48-43(32-38)42-22-9-12-25-47(42)51-48;37-32-13-4-1-10-27(32)25-9-7-8-23(20-25)24-16-18-29-28-11-2-5-14-33(28)38(34(29)21-24)26-17-19-36-31(22-26)30-12-3-6-15-35(30)39-36;1-3-7-11(8-4-1)13-12-9-5-2-6-10-12;;/h1-32H;1-22H;1-10,13H;2*1H4. The normalized spacial score (nSPS) is 11.1. The van der Waals surface area contributed by atoms with E-state index in [0.717, 1.165) is 32.9 Å². The molecule has 4 nitrogen and oxygen atoms in total. The van der Waals surface area contributed by atoms with Crippen LogP contribution in [-0.4, -0.2) is 9.13 Å². The Morgan fingerprint density at radius 2 is 0.610 bits per heavy atom. The average molecular weight is 1450 g/mol. The molecule has 1 N–H and O–H groups in total. The summed E-state index contributed by atoms with van der Waals surface area (Å²) < 4.78 is 11.3. The summed E-state index contributed by atoms with van der Waals surface area (Å²) in [4.78, 5) is 2.35. The maximum Gasteiger partial charge on any atom is 0.0547 e. The smallest absolute Gasteiger partial charge is 0.0547 e. The van der Waals surface area contributed by atoms with Crippen molar-refractivity contribution in [2.24, 2.45) is 0 Å². The summed E-state index contributed by atoms with van der Waals surface area (Å²) in [5, 5.41) is 13.6. The third-order valence-electron chi connectivity index (χ3n) is 19.5. The molecule has 0 radical (unpaired) electrons. The summed E-state index contributed by atoms with van der Waals surface area (Å²) in [6.07, 6.45) is 0. The van der Waals surface area contributed by atoms with Gasteiger partial charge in [-0.05, 0) is 185 Å². The lowest BCUT2D eigenvalue weighted by molar-refractivity contribution is 1.19. The lowest BCUT2D eigenvalue weighted by atomic mass is 9.96. The molecule has 16 aromatic carbocycles. The molecule has 20 aromatic rings. The fourth-order valence-corrected chi connectivity index (χ4v) is 17.4. The Hall–Kier alpha value is -12.4. The highest BCUT2D eigenvalue weighted by Gasteiger charge is 2.21. The van der Waals surface area contributed by atoms with Crippen LogP contribution in [0.4, 0.5) is 28.4 Å². The van der Waals surface area contributed by atoms with Gasteiger partial charge < -0.3 is 19.4 Å². The Balaban J connectivity index is 0.000000138. The molecule has 0 aliphatic carbocycles. The second kappa shape index (κ2) is 29.5. The lowest BCUT2D eigenvalue weighted by Gasteiger charge is -2.27. The third kappa shape index (κ3) is 13.0. The molecule has 0 spiro atoms. The molecule has 0 saturated heterocycles. The van der Waals surface area contributed by atoms with Gasteiger partial charge in [-0.1, -0.05) is 273 Å². The largest absolute Gasteiger partial charge is 0.356 e. The van der Waals surface area contributed by atoms with Crippen LogP contribution in [0.5, 0.6) is 0 Å². The number of nitrogens with one attached hydrogen (secondary N) is 1. The highest BCUT2D eigenvalue weighted by Crippen LogP contribution is 2.45. The van der Waals surface area contributed by atoms with Crippen LogP contribution in [0.1, 0.15) is 14.9 Å². The van der Waals surface area contributed by atoms with E-state index in [1.165, 1.54) is 140 Å². The molecule has 0 aliphatic rings. The van der Waals surface area contributed by atoms with Crippen molar-refractivity contribution in [1.82, 2.24) is 9.13 Å². The van der Waals surface area contributed by atoms with Gasteiger partial charge in [-0.25, -0.2) is 0 Å².